The molecule has 1 aliphatic heterocycles. The molecular weight excluding hydrogens is 208 g/mol. The molecule has 1 aromatic carbocycles. The van der Waals surface area contributed by atoms with Crippen LogP contribution in [-0.2, 0) is 6.42 Å². The van der Waals surface area contributed by atoms with Crippen molar-refractivity contribution in [2.75, 3.05) is 11.9 Å². The number of anilines is 1. The Morgan fingerprint density at radius 3 is 2.88 bits per heavy atom. The van der Waals surface area contributed by atoms with Gasteiger partial charge in [0.2, 0.25) is 0 Å². The topological polar surface area (TPSA) is 24.9 Å². The fourth-order valence-electron chi connectivity index (χ4n) is 2.38. The van der Waals surface area contributed by atoms with E-state index in [1.54, 1.807) is 0 Å². The molecule has 86 valence electrons. The van der Waals surface area contributed by atoms with Crippen LogP contribution in [0.3, 0.4) is 0 Å². The number of hydrogen-bond acceptors (Lipinski definition) is 2. The van der Waals surface area contributed by atoms with Gasteiger partial charge < -0.3 is 5.32 Å². The maximum Gasteiger partial charge on any atom is 0.0378 e. The van der Waals surface area contributed by atoms with E-state index in [0.29, 0.717) is 0 Å². The van der Waals surface area contributed by atoms with Gasteiger partial charge in [0.15, 0.2) is 0 Å². The van der Waals surface area contributed by atoms with Gasteiger partial charge in [0.25, 0.3) is 0 Å². The quantitative estimate of drug-likeness (QED) is 0.803. The summed E-state index contributed by atoms with van der Waals surface area (Å²) in [6, 6.07) is 10.9. The van der Waals surface area contributed by atoms with Crippen molar-refractivity contribution in [3.05, 3.63) is 47.8 Å². The Labute approximate surface area is 102 Å². The van der Waals surface area contributed by atoms with Crippen LogP contribution in [0.4, 0.5) is 5.69 Å². The van der Waals surface area contributed by atoms with E-state index in [1.807, 2.05) is 13.1 Å². The summed E-state index contributed by atoms with van der Waals surface area (Å²) in [7, 11) is 0. The molecule has 2 heteroatoms. The Balaban J connectivity index is 2.04. The van der Waals surface area contributed by atoms with Crippen LogP contribution in [0.5, 0.6) is 0 Å². The van der Waals surface area contributed by atoms with Crippen LogP contribution in [-0.4, -0.2) is 11.5 Å². The third-order valence-corrected chi connectivity index (χ3v) is 3.27. The Kier molecular flexibility index (Phi) is 2.56. The van der Waals surface area contributed by atoms with E-state index in [9.17, 15) is 0 Å². The van der Waals surface area contributed by atoms with Crippen LogP contribution in [0.1, 0.15) is 17.7 Å². The number of hydrogen-bond donors (Lipinski definition) is 1. The lowest BCUT2D eigenvalue weighted by Gasteiger charge is -2.18. The minimum atomic E-state index is 1.07. The Hall–Kier alpha value is -1.83. The maximum absolute atomic E-state index is 4.24. The molecule has 0 saturated heterocycles. The molecule has 0 saturated carbocycles. The molecular formula is C15H16N2. The second-order valence-corrected chi connectivity index (χ2v) is 4.59. The summed E-state index contributed by atoms with van der Waals surface area (Å²) in [4.78, 5) is 4.24. The van der Waals surface area contributed by atoms with E-state index in [-0.39, 0.29) is 0 Å². The predicted molar refractivity (Wildman–Crippen MR) is 71.2 cm³/mol. The zero-order valence-electron chi connectivity index (χ0n) is 10.0. The Morgan fingerprint density at radius 2 is 2.00 bits per heavy atom. The average molecular weight is 224 g/mol. The zero-order valence-corrected chi connectivity index (χ0v) is 10.0. The highest BCUT2D eigenvalue weighted by Crippen LogP contribution is 2.28. The van der Waals surface area contributed by atoms with Crippen molar-refractivity contribution in [1.29, 1.82) is 0 Å². The van der Waals surface area contributed by atoms with Crippen molar-refractivity contribution in [3.8, 4) is 11.1 Å². The van der Waals surface area contributed by atoms with Gasteiger partial charge in [0, 0.05) is 24.1 Å². The number of benzene rings is 1. The van der Waals surface area contributed by atoms with E-state index >= 15 is 0 Å². The molecule has 0 atom stereocenters. The highest BCUT2D eigenvalue weighted by atomic mass is 14.9. The summed E-state index contributed by atoms with van der Waals surface area (Å²) >= 11 is 0. The van der Waals surface area contributed by atoms with E-state index in [0.717, 1.165) is 12.2 Å². The summed E-state index contributed by atoms with van der Waals surface area (Å²) in [5, 5.41) is 3.44. The van der Waals surface area contributed by atoms with Crippen LogP contribution in [0.2, 0.25) is 0 Å². The van der Waals surface area contributed by atoms with Gasteiger partial charge in [-0.2, -0.15) is 0 Å². The summed E-state index contributed by atoms with van der Waals surface area (Å²) < 4.78 is 0. The van der Waals surface area contributed by atoms with Crippen molar-refractivity contribution in [2.24, 2.45) is 0 Å². The van der Waals surface area contributed by atoms with Gasteiger partial charge in [-0.1, -0.05) is 6.07 Å². The standard InChI is InChI=1S/C15H16N2/c1-11-9-13(6-8-16-11)12-4-5-15-14(10-12)3-2-7-17-15/h4-6,8-10,17H,2-3,7H2,1H3. The largest absolute Gasteiger partial charge is 0.385 e. The number of pyridine rings is 1. The van der Waals surface area contributed by atoms with Crippen molar-refractivity contribution in [2.45, 2.75) is 19.8 Å². The predicted octanol–water partition coefficient (Wildman–Crippen LogP) is 3.42. The molecule has 17 heavy (non-hydrogen) atoms. The highest BCUT2D eigenvalue weighted by Gasteiger charge is 2.09. The van der Waals surface area contributed by atoms with Gasteiger partial charge in [0.1, 0.15) is 0 Å². The minimum Gasteiger partial charge on any atom is -0.385 e. The first-order valence-electron chi connectivity index (χ1n) is 6.13. The monoisotopic (exact) mass is 224 g/mol. The maximum atomic E-state index is 4.24. The van der Waals surface area contributed by atoms with Gasteiger partial charge in [-0.25, -0.2) is 0 Å². The number of rotatable bonds is 1. The lowest BCUT2D eigenvalue weighted by atomic mass is 9.97. The molecule has 1 N–H and O–H groups in total. The Bertz CT molecular complexity index is 546. The molecule has 0 radical (unpaired) electrons. The van der Waals surface area contributed by atoms with E-state index in [4.69, 9.17) is 0 Å². The van der Waals surface area contributed by atoms with Crippen LogP contribution >= 0.6 is 0 Å². The van der Waals surface area contributed by atoms with Gasteiger partial charge in [-0.3, -0.25) is 4.98 Å². The molecule has 2 aromatic rings. The summed E-state index contributed by atoms with van der Waals surface area (Å²) in [6.07, 6.45) is 4.29. The Morgan fingerprint density at radius 1 is 1.12 bits per heavy atom. The number of fused-ring (bicyclic) bond motifs is 1. The van der Waals surface area contributed by atoms with Crippen molar-refractivity contribution in [3.63, 3.8) is 0 Å². The number of aryl methyl sites for hydroxylation is 2. The molecule has 0 spiro atoms. The molecule has 2 heterocycles. The molecule has 0 bridgehead atoms. The highest BCUT2D eigenvalue weighted by molar-refractivity contribution is 5.69. The molecule has 0 amide bonds. The molecule has 0 aliphatic carbocycles. The molecule has 1 aliphatic rings. The first kappa shape index (κ1) is 10.3. The number of nitrogens with one attached hydrogen (secondary N) is 1. The van der Waals surface area contributed by atoms with Gasteiger partial charge in [0.05, 0.1) is 0 Å². The lowest BCUT2D eigenvalue weighted by Crippen LogP contribution is -2.11. The van der Waals surface area contributed by atoms with Crippen LogP contribution in [0.25, 0.3) is 11.1 Å². The van der Waals surface area contributed by atoms with Crippen LogP contribution in [0, 0.1) is 6.92 Å². The SMILES string of the molecule is Cc1cc(-c2ccc3c(c2)CCCN3)ccn1. The summed E-state index contributed by atoms with van der Waals surface area (Å²) in [5.74, 6) is 0. The van der Waals surface area contributed by atoms with Crippen molar-refractivity contribution >= 4 is 5.69 Å². The second kappa shape index (κ2) is 4.21. The first-order chi connectivity index (χ1) is 8.33. The first-order valence-corrected chi connectivity index (χ1v) is 6.13. The fourth-order valence-corrected chi connectivity index (χ4v) is 2.38. The van der Waals surface area contributed by atoms with Crippen LogP contribution in [0.15, 0.2) is 36.5 Å². The molecule has 1 aromatic heterocycles. The number of nitrogens with zero attached hydrogens (tertiary/aromatic N) is 1. The molecule has 3 rings (SSSR count). The van der Waals surface area contributed by atoms with Gasteiger partial charge >= 0.3 is 0 Å². The van der Waals surface area contributed by atoms with E-state index < -0.39 is 0 Å². The summed E-state index contributed by atoms with van der Waals surface area (Å²) in [6.45, 7) is 3.13. The third-order valence-electron chi connectivity index (χ3n) is 3.27. The van der Waals surface area contributed by atoms with Crippen molar-refractivity contribution < 1.29 is 0 Å². The lowest BCUT2D eigenvalue weighted by molar-refractivity contribution is 0.830. The van der Waals surface area contributed by atoms with Crippen LogP contribution < -0.4 is 5.32 Å². The average Bonchev–Trinajstić information content (AvgIpc) is 2.38. The van der Waals surface area contributed by atoms with Gasteiger partial charge in [-0.15, -0.1) is 0 Å². The van der Waals surface area contributed by atoms with E-state index in [2.05, 4.69) is 40.6 Å². The number of aromatic nitrogens is 1. The molecule has 0 fully saturated rings. The summed E-state index contributed by atoms with van der Waals surface area (Å²) in [5.41, 5.74) is 6.34. The van der Waals surface area contributed by atoms with Crippen molar-refractivity contribution in [1.82, 2.24) is 4.98 Å². The second-order valence-electron chi connectivity index (χ2n) is 4.59. The molecule has 2 nitrogen and oxygen atoms in total. The third kappa shape index (κ3) is 2.03. The smallest absolute Gasteiger partial charge is 0.0378 e. The van der Waals surface area contributed by atoms with E-state index in [1.165, 1.54) is 35.2 Å². The fraction of sp³-hybridized carbons (Fsp3) is 0.267. The zero-order chi connectivity index (χ0) is 11.7. The molecule has 0 unspecified atom stereocenters. The minimum absolute atomic E-state index is 1.07. The normalized spacial score (nSPS) is 13.9. The van der Waals surface area contributed by atoms with Gasteiger partial charge in [-0.05, 0) is 60.7 Å².